The Labute approximate surface area is 98.7 Å². The fourth-order valence-corrected chi connectivity index (χ4v) is 1.84. The van der Waals surface area contributed by atoms with Crippen molar-refractivity contribution in [1.82, 2.24) is 8.01 Å². The number of carbonyl (C=O) groups excluding carboxylic acids is 1. The van der Waals surface area contributed by atoms with E-state index in [1.807, 2.05) is 4.90 Å². The van der Waals surface area contributed by atoms with Crippen molar-refractivity contribution in [2.45, 2.75) is 25.9 Å². The van der Waals surface area contributed by atoms with Gasteiger partial charge in [0.25, 0.3) is 0 Å². The molecule has 1 heterocycles. The molecule has 0 bridgehead atoms. The largest absolute Gasteiger partial charge is 0.390 e. The zero-order chi connectivity index (χ0) is 10.8. The van der Waals surface area contributed by atoms with E-state index in [1.54, 1.807) is 13.8 Å². The van der Waals surface area contributed by atoms with Gasteiger partial charge in [-0.3, -0.25) is 4.79 Å². The molecule has 1 N–H and O–H groups in total. The number of aliphatic hydroxyl groups is 1. The van der Waals surface area contributed by atoms with Gasteiger partial charge in [0.05, 0.1) is 12.0 Å². The van der Waals surface area contributed by atoms with Crippen LogP contribution in [0.1, 0.15) is 20.3 Å². The Morgan fingerprint density at radius 1 is 1.36 bits per heavy atom. The van der Waals surface area contributed by atoms with E-state index in [9.17, 15) is 9.90 Å². The number of nitrogens with zero attached hydrogens (tertiary/aromatic N) is 2. The summed E-state index contributed by atoms with van der Waals surface area (Å²) in [5.41, 5.74) is -0.890. The van der Waals surface area contributed by atoms with E-state index in [4.69, 9.17) is 0 Å². The highest BCUT2D eigenvalue weighted by molar-refractivity contribution is 14.1. The summed E-state index contributed by atoms with van der Waals surface area (Å²) < 4.78 is 2.17. The van der Waals surface area contributed by atoms with Crippen molar-refractivity contribution < 1.29 is 9.90 Å². The standard InChI is InChI=1S/C9H17IN2O2/c1-9(2,14)7-8(13)11-3-5-12(10)6-4-11/h14H,3-7H2,1-2H3. The van der Waals surface area contributed by atoms with Gasteiger partial charge in [0, 0.05) is 49.0 Å². The number of rotatable bonds is 2. The molecule has 1 amide bonds. The van der Waals surface area contributed by atoms with Gasteiger partial charge in [-0.2, -0.15) is 0 Å². The lowest BCUT2D eigenvalue weighted by Crippen LogP contribution is -2.46. The predicted molar refractivity (Wildman–Crippen MR) is 63.1 cm³/mol. The molecular formula is C9H17IN2O2. The molecule has 0 aromatic rings. The molecule has 0 saturated carbocycles. The molecule has 1 saturated heterocycles. The van der Waals surface area contributed by atoms with Crippen LogP contribution in [0.5, 0.6) is 0 Å². The Balaban J connectivity index is 2.38. The summed E-state index contributed by atoms with van der Waals surface area (Å²) in [5, 5.41) is 9.51. The maximum atomic E-state index is 11.7. The maximum Gasteiger partial charge on any atom is 0.225 e. The fraction of sp³-hybridized carbons (Fsp3) is 0.889. The Hall–Kier alpha value is 0.120. The van der Waals surface area contributed by atoms with Crippen LogP contribution >= 0.6 is 22.9 Å². The minimum absolute atomic E-state index is 0.0574. The van der Waals surface area contributed by atoms with Crippen LogP contribution in [0.15, 0.2) is 0 Å². The minimum Gasteiger partial charge on any atom is -0.390 e. The molecule has 0 unspecified atom stereocenters. The van der Waals surface area contributed by atoms with Crippen molar-refractivity contribution in [2.75, 3.05) is 26.2 Å². The zero-order valence-corrected chi connectivity index (χ0v) is 10.8. The molecule has 0 aliphatic carbocycles. The summed E-state index contributed by atoms with van der Waals surface area (Å²) in [7, 11) is 0. The fourth-order valence-electron chi connectivity index (χ4n) is 1.41. The second-order valence-corrected chi connectivity index (χ2v) is 5.64. The van der Waals surface area contributed by atoms with E-state index in [0.717, 1.165) is 26.2 Å². The van der Waals surface area contributed by atoms with Crippen molar-refractivity contribution in [3.05, 3.63) is 0 Å². The smallest absolute Gasteiger partial charge is 0.225 e. The second-order valence-electron chi connectivity index (χ2n) is 4.28. The van der Waals surface area contributed by atoms with E-state index in [0.29, 0.717) is 0 Å². The van der Waals surface area contributed by atoms with Crippen LogP contribution in [0.4, 0.5) is 0 Å². The van der Waals surface area contributed by atoms with Crippen molar-refractivity contribution >= 4 is 28.8 Å². The summed E-state index contributed by atoms with van der Waals surface area (Å²) in [6.45, 7) is 6.71. The quantitative estimate of drug-likeness (QED) is 0.601. The van der Waals surface area contributed by atoms with E-state index in [1.165, 1.54) is 0 Å². The highest BCUT2D eigenvalue weighted by Gasteiger charge is 2.24. The molecular weight excluding hydrogens is 295 g/mol. The lowest BCUT2D eigenvalue weighted by Gasteiger charge is -2.32. The van der Waals surface area contributed by atoms with Crippen molar-refractivity contribution in [3.63, 3.8) is 0 Å². The van der Waals surface area contributed by atoms with E-state index < -0.39 is 5.60 Å². The number of carbonyl (C=O) groups is 1. The van der Waals surface area contributed by atoms with Crippen LogP contribution < -0.4 is 0 Å². The topological polar surface area (TPSA) is 43.8 Å². The second kappa shape index (κ2) is 4.76. The zero-order valence-electron chi connectivity index (χ0n) is 8.66. The Morgan fingerprint density at radius 3 is 2.29 bits per heavy atom. The summed E-state index contributed by atoms with van der Waals surface area (Å²) in [4.78, 5) is 13.5. The molecule has 4 nitrogen and oxygen atoms in total. The van der Waals surface area contributed by atoms with Gasteiger partial charge in [0.15, 0.2) is 0 Å². The predicted octanol–water partition coefficient (Wildman–Crippen LogP) is 0.642. The summed E-state index contributed by atoms with van der Waals surface area (Å²) in [6.07, 6.45) is 0.217. The molecule has 0 radical (unpaired) electrons. The average molecular weight is 312 g/mol. The average Bonchev–Trinajstić information content (AvgIpc) is 2.02. The first-order valence-corrected chi connectivity index (χ1v) is 5.76. The van der Waals surface area contributed by atoms with Gasteiger partial charge < -0.3 is 10.0 Å². The molecule has 0 aromatic heterocycles. The molecule has 1 rings (SSSR count). The summed E-state index contributed by atoms with van der Waals surface area (Å²) in [5.74, 6) is 0.0574. The normalized spacial score (nSPS) is 19.9. The lowest BCUT2D eigenvalue weighted by molar-refractivity contribution is -0.136. The van der Waals surface area contributed by atoms with Crippen LogP contribution in [0.2, 0.25) is 0 Å². The summed E-state index contributed by atoms with van der Waals surface area (Å²) >= 11 is 2.26. The Morgan fingerprint density at radius 2 is 1.86 bits per heavy atom. The lowest BCUT2D eigenvalue weighted by atomic mass is 10.0. The van der Waals surface area contributed by atoms with Gasteiger partial charge in [-0.15, -0.1) is 0 Å². The van der Waals surface area contributed by atoms with Crippen LogP contribution in [0.25, 0.3) is 0 Å². The number of halogens is 1. The van der Waals surface area contributed by atoms with Crippen molar-refractivity contribution in [3.8, 4) is 0 Å². The maximum absolute atomic E-state index is 11.7. The van der Waals surface area contributed by atoms with Crippen LogP contribution in [-0.2, 0) is 4.79 Å². The third-order valence-electron chi connectivity index (χ3n) is 2.16. The minimum atomic E-state index is -0.890. The molecule has 82 valence electrons. The van der Waals surface area contributed by atoms with Crippen LogP contribution in [0.3, 0.4) is 0 Å². The molecule has 1 fully saturated rings. The Kier molecular flexibility index (Phi) is 4.15. The van der Waals surface area contributed by atoms with E-state index in [2.05, 4.69) is 26.0 Å². The molecule has 5 heteroatoms. The third-order valence-corrected chi connectivity index (χ3v) is 3.13. The number of hydrogen-bond donors (Lipinski definition) is 1. The number of hydrogen-bond acceptors (Lipinski definition) is 3. The highest BCUT2D eigenvalue weighted by atomic mass is 127. The molecule has 0 spiro atoms. The van der Waals surface area contributed by atoms with E-state index in [-0.39, 0.29) is 12.3 Å². The van der Waals surface area contributed by atoms with Gasteiger partial charge in [0.1, 0.15) is 0 Å². The van der Waals surface area contributed by atoms with Gasteiger partial charge in [-0.05, 0) is 13.8 Å². The third kappa shape index (κ3) is 4.10. The Bertz CT molecular complexity index is 207. The molecule has 1 aliphatic heterocycles. The molecule has 1 aliphatic rings. The molecule has 0 aromatic carbocycles. The first-order chi connectivity index (χ1) is 6.38. The van der Waals surface area contributed by atoms with Crippen LogP contribution in [-0.4, -0.2) is 50.8 Å². The number of amides is 1. The van der Waals surface area contributed by atoms with Gasteiger partial charge in [-0.1, -0.05) is 0 Å². The number of piperazine rings is 1. The summed E-state index contributed by atoms with van der Waals surface area (Å²) in [6, 6.07) is 0. The van der Waals surface area contributed by atoms with Gasteiger partial charge in [-0.25, -0.2) is 3.11 Å². The first-order valence-electron chi connectivity index (χ1n) is 4.79. The molecule has 0 atom stereocenters. The van der Waals surface area contributed by atoms with E-state index >= 15 is 0 Å². The van der Waals surface area contributed by atoms with Crippen LogP contribution in [0, 0.1) is 0 Å². The monoisotopic (exact) mass is 312 g/mol. The first kappa shape index (κ1) is 12.2. The SMILES string of the molecule is CC(C)(O)CC(=O)N1CCN(I)CC1. The molecule has 14 heavy (non-hydrogen) atoms. The van der Waals surface area contributed by atoms with Gasteiger partial charge >= 0.3 is 0 Å². The van der Waals surface area contributed by atoms with Gasteiger partial charge in [0.2, 0.25) is 5.91 Å². The van der Waals surface area contributed by atoms with Crippen molar-refractivity contribution in [1.29, 1.82) is 0 Å². The highest BCUT2D eigenvalue weighted by Crippen LogP contribution is 2.13. The van der Waals surface area contributed by atoms with Crippen molar-refractivity contribution in [2.24, 2.45) is 0 Å².